The number of hydrogen-bond donors (Lipinski definition) is 2. The Labute approximate surface area is 109 Å². The molecule has 6 nitrogen and oxygen atoms in total. The molecule has 2 heterocycles. The van der Waals surface area contributed by atoms with Crippen molar-refractivity contribution in [3.8, 4) is 0 Å². The predicted molar refractivity (Wildman–Crippen MR) is 67.3 cm³/mol. The first kappa shape index (κ1) is 12.8. The summed E-state index contributed by atoms with van der Waals surface area (Å²) in [6.07, 6.45) is 1.33. The summed E-state index contributed by atoms with van der Waals surface area (Å²) in [6, 6.07) is 4.26. The van der Waals surface area contributed by atoms with Crippen molar-refractivity contribution in [2.24, 2.45) is 0 Å². The van der Waals surface area contributed by atoms with Crippen LogP contribution in [0, 0.1) is 13.8 Å². The zero-order chi connectivity index (χ0) is 14.0. The van der Waals surface area contributed by atoms with Gasteiger partial charge in [0.15, 0.2) is 0 Å². The number of carbonyl (C=O) groups is 2. The molecule has 0 aliphatic heterocycles. The molecule has 0 saturated carbocycles. The highest BCUT2D eigenvalue weighted by Crippen LogP contribution is 2.15. The molecule has 2 aromatic heterocycles. The van der Waals surface area contributed by atoms with Crippen molar-refractivity contribution in [2.75, 3.05) is 5.32 Å². The Morgan fingerprint density at radius 2 is 2.05 bits per heavy atom. The Hall–Kier alpha value is -2.63. The molecule has 0 radical (unpaired) electrons. The lowest BCUT2D eigenvalue weighted by Gasteiger charge is -2.03. The zero-order valence-corrected chi connectivity index (χ0v) is 10.4. The summed E-state index contributed by atoms with van der Waals surface area (Å²) in [5.41, 5.74) is 0.463. The van der Waals surface area contributed by atoms with Gasteiger partial charge in [0, 0.05) is 6.20 Å². The van der Waals surface area contributed by atoms with Crippen LogP contribution in [0.2, 0.25) is 0 Å². The number of anilines is 1. The number of carboxylic acids is 1. The van der Waals surface area contributed by atoms with Crippen LogP contribution in [-0.2, 0) is 0 Å². The number of aromatic nitrogens is 1. The van der Waals surface area contributed by atoms with Gasteiger partial charge in [-0.25, -0.2) is 9.78 Å². The standard InChI is InChI=1S/C13H12N2O4/c1-7-5-10(8(2)19-7)12(16)15-11-6-9(13(17)18)3-4-14-11/h3-6H,1-2H3,(H,17,18)(H,14,15,16). The van der Waals surface area contributed by atoms with Gasteiger partial charge in [-0.2, -0.15) is 0 Å². The largest absolute Gasteiger partial charge is 0.478 e. The van der Waals surface area contributed by atoms with Gasteiger partial charge in [0.1, 0.15) is 17.3 Å². The van der Waals surface area contributed by atoms with Crippen molar-refractivity contribution in [2.45, 2.75) is 13.8 Å². The van der Waals surface area contributed by atoms with Crippen LogP contribution in [0.5, 0.6) is 0 Å². The van der Waals surface area contributed by atoms with Crippen molar-refractivity contribution in [3.63, 3.8) is 0 Å². The normalized spacial score (nSPS) is 10.2. The Morgan fingerprint density at radius 3 is 2.63 bits per heavy atom. The molecule has 0 aliphatic carbocycles. The summed E-state index contributed by atoms with van der Waals surface area (Å²) < 4.78 is 5.26. The van der Waals surface area contributed by atoms with Gasteiger partial charge in [-0.3, -0.25) is 4.79 Å². The van der Waals surface area contributed by atoms with E-state index in [4.69, 9.17) is 9.52 Å². The summed E-state index contributed by atoms with van der Waals surface area (Å²) in [4.78, 5) is 26.7. The maximum absolute atomic E-state index is 12.0. The Bertz CT molecular complexity index is 646. The SMILES string of the molecule is Cc1cc(C(=O)Nc2cc(C(=O)O)ccn2)c(C)o1. The molecule has 1 amide bonds. The highest BCUT2D eigenvalue weighted by atomic mass is 16.4. The quantitative estimate of drug-likeness (QED) is 0.882. The van der Waals surface area contributed by atoms with Crippen LogP contribution in [0.4, 0.5) is 5.82 Å². The number of nitrogens with zero attached hydrogens (tertiary/aromatic N) is 1. The van der Waals surface area contributed by atoms with Crippen LogP contribution in [0.3, 0.4) is 0 Å². The number of amides is 1. The molecule has 0 aromatic carbocycles. The fourth-order valence-corrected chi connectivity index (χ4v) is 1.67. The lowest BCUT2D eigenvalue weighted by atomic mass is 10.2. The second kappa shape index (κ2) is 4.93. The molecule has 0 fully saturated rings. The summed E-state index contributed by atoms with van der Waals surface area (Å²) in [6.45, 7) is 3.43. The summed E-state index contributed by atoms with van der Waals surface area (Å²) in [7, 11) is 0. The zero-order valence-electron chi connectivity index (χ0n) is 10.4. The number of nitrogens with one attached hydrogen (secondary N) is 1. The molecule has 2 N–H and O–H groups in total. The van der Waals surface area contributed by atoms with Crippen LogP contribution in [0.1, 0.15) is 32.2 Å². The van der Waals surface area contributed by atoms with E-state index in [2.05, 4.69) is 10.3 Å². The number of rotatable bonds is 3. The van der Waals surface area contributed by atoms with Gasteiger partial charge in [-0.05, 0) is 32.0 Å². The van der Waals surface area contributed by atoms with Crippen LogP contribution < -0.4 is 5.32 Å². The maximum atomic E-state index is 12.0. The van der Waals surface area contributed by atoms with Crippen molar-refractivity contribution in [1.82, 2.24) is 4.98 Å². The van der Waals surface area contributed by atoms with Gasteiger partial charge in [0.25, 0.3) is 5.91 Å². The van der Waals surface area contributed by atoms with E-state index >= 15 is 0 Å². The smallest absolute Gasteiger partial charge is 0.335 e. The van der Waals surface area contributed by atoms with Gasteiger partial charge in [0.05, 0.1) is 11.1 Å². The van der Waals surface area contributed by atoms with Crippen molar-refractivity contribution in [1.29, 1.82) is 0 Å². The third-order valence-electron chi connectivity index (χ3n) is 2.53. The molecule has 19 heavy (non-hydrogen) atoms. The molecule has 0 atom stereocenters. The van der Waals surface area contributed by atoms with Gasteiger partial charge < -0.3 is 14.8 Å². The minimum Gasteiger partial charge on any atom is -0.478 e. The van der Waals surface area contributed by atoms with E-state index in [9.17, 15) is 9.59 Å². The first-order valence-electron chi connectivity index (χ1n) is 5.55. The minimum absolute atomic E-state index is 0.0606. The van der Waals surface area contributed by atoms with Crippen molar-refractivity contribution >= 4 is 17.7 Å². The van der Waals surface area contributed by atoms with Crippen LogP contribution in [-0.4, -0.2) is 22.0 Å². The second-order valence-electron chi connectivity index (χ2n) is 4.02. The third-order valence-corrected chi connectivity index (χ3v) is 2.53. The third kappa shape index (κ3) is 2.79. The van der Waals surface area contributed by atoms with Crippen LogP contribution in [0.25, 0.3) is 0 Å². The fourth-order valence-electron chi connectivity index (χ4n) is 1.67. The number of pyridine rings is 1. The number of hydrogen-bond acceptors (Lipinski definition) is 4. The molecule has 0 aliphatic rings. The average Bonchev–Trinajstić information content (AvgIpc) is 2.69. The fraction of sp³-hybridized carbons (Fsp3) is 0.154. The summed E-state index contributed by atoms with van der Waals surface area (Å²) in [5, 5.41) is 11.4. The number of aryl methyl sites for hydroxylation is 2. The molecule has 6 heteroatoms. The second-order valence-corrected chi connectivity index (χ2v) is 4.02. The molecule has 0 spiro atoms. The maximum Gasteiger partial charge on any atom is 0.335 e. The van der Waals surface area contributed by atoms with Crippen molar-refractivity contribution in [3.05, 3.63) is 47.0 Å². The monoisotopic (exact) mass is 260 g/mol. The predicted octanol–water partition coefficient (Wildman–Crippen LogP) is 2.24. The van der Waals surface area contributed by atoms with E-state index in [1.54, 1.807) is 19.9 Å². The van der Waals surface area contributed by atoms with Gasteiger partial charge in [-0.1, -0.05) is 0 Å². The molecule has 98 valence electrons. The van der Waals surface area contributed by atoms with E-state index in [0.717, 1.165) is 0 Å². The summed E-state index contributed by atoms with van der Waals surface area (Å²) >= 11 is 0. The lowest BCUT2D eigenvalue weighted by molar-refractivity contribution is 0.0696. The number of carbonyl (C=O) groups excluding carboxylic acids is 1. The highest BCUT2D eigenvalue weighted by Gasteiger charge is 2.14. The molecule has 2 aromatic rings. The molecule has 2 rings (SSSR count). The number of aromatic carboxylic acids is 1. The molecule has 0 bridgehead atoms. The van der Waals surface area contributed by atoms with E-state index in [1.807, 2.05) is 0 Å². The average molecular weight is 260 g/mol. The van der Waals surface area contributed by atoms with E-state index in [1.165, 1.54) is 18.3 Å². The van der Waals surface area contributed by atoms with Gasteiger partial charge >= 0.3 is 5.97 Å². The number of carboxylic acid groups (broad SMARTS) is 1. The molecule has 0 unspecified atom stereocenters. The van der Waals surface area contributed by atoms with E-state index < -0.39 is 5.97 Å². The Kier molecular flexibility index (Phi) is 3.33. The lowest BCUT2D eigenvalue weighted by Crippen LogP contribution is -2.13. The Morgan fingerprint density at radius 1 is 1.32 bits per heavy atom. The molecular weight excluding hydrogens is 248 g/mol. The number of furan rings is 1. The van der Waals surface area contributed by atoms with Crippen LogP contribution in [0.15, 0.2) is 28.8 Å². The minimum atomic E-state index is -1.08. The van der Waals surface area contributed by atoms with E-state index in [-0.39, 0.29) is 17.3 Å². The Balaban J connectivity index is 2.21. The van der Waals surface area contributed by atoms with Crippen molar-refractivity contribution < 1.29 is 19.1 Å². The first-order valence-corrected chi connectivity index (χ1v) is 5.55. The summed E-state index contributed by atoms with van der Waals surface area (Å²) in [5.74, 6) is -0.139. The highest BCUT2D eigenvalue weighted by molar-refractivity contribution is 6.05. The van der Waals surface area contributed by atoms with Gasteiger partial charge in [-0.15, -0.1) is 0 Å². The van der Waals surface area contributed by atoms with Crippen LogP contribution >= 0.6 is 0 Å². The molecule has 0 saturated heterocycles. The topological polar surface area (TPSA) is 92.4 Å². The van der Waals surface area contributed by atoms with Gasteiger partial charge in [0.2, 0.25) is 0 Å². The molecular formula is C13H12N2O4. The van der Waals surface area contributed by atoms with E-state index in [0.29, 0.717) is 17.1 Å². The first-order chi connectivity index (χ1) is 8.97.